The lowest BCUT2D eigenvalue weighted by atomic mass is 10.1. The summed E-state index contributed by atoms with van der Waals surface area (Å²) in [7, 11) is 0. The summed E-state index contributed by atoms with van der Waals surface area (Å²) >= 11 is 0. The summed E-state index contributed by atoms with van der Waals surface area (Å²) in [5.41, 5.74) is 3.14. The highest BCUT2D eigenvalue weighted by atomic mass is 16.3. The van der Waals surface area contributed by atoms with E-state index in [1.165, 1.54) is 0 Å². The van der Waals surface area contributed by atoms with Gasteiger partial charge in [0.25, 0.3) is 5.91 Å². The molecule has 0 aliphatic rings. The van der Waals surface area contributed by atoms with Gasteiger partial charge in [0.05, 0.1) is 6.10 Å². The first kappa shape index (κ1) is 13.3. The van der Waals surface area contributed by atoms with Crippen LogP contribution in [-0.4, -0.2) is 11.0 Å². The van der Waals surface area contributed by atoms with Crippen LogP contribution in [0.25, 0.3) is 0 Å². The van der Waals surface area contributed by atoms with Crippen molar-refractivity contribution in [1.29, 1.82) is 0 Å². The molecule has 0 saturated carbocycles. The molecule has 0 aliphatic carbocycles. The van der Waals surface area contributed by atoms with Gasteiger partial charge in [-0.05, 0) is 43.7 Å². The maximum atomic E-state index is 12.1. The van der Waals surface area contributed by atoms with E-state index in [-0.39, 0.29) is 5.91 Å². The van der Waals surface area contributed by atoms with Crippen molar-refractivity contribution < 1.29 is 9.90 Å². The van der Waals surface area contributed by atoms with E-state index in [0.717, 1.165) is 11.1 Å². The van der Waals surface area contributed by atoms with Crippen molar-refractivity contribution in [2.75, 3.05) is 5.32 Å². The molecule has 1 amide bonds. The lowest BCUT2D eigenvalue weighted by Crippen LogP contribution is -2.12. The Morgan fingerprint density at radius 2 is 1.89 bits per heavy atom. The second kappa shape index (κ2) is 5.67. The quantitative estimate of drug-likeness (QED) is 0.884. The summed E-state index contributed by atoms with van der Waals surface area (Å²) in [5.74, 6) is -0.147. The van der Waals surface area contributed by atoms with Crippen LogP contribution in [0.4, 0.5) is 5.69 Å². The molecule has 1 atom stereocenters. The summed E-state index contributed by atoms with van der Waals surface area (Å²) in [5, 5.41) is 12.4. The molecule has 3 nitrogen and oxygen atoms in total. The van der Waals surface area contributed by atoms with E-state index in [9.17, 15) is 9.90 Å². The van der Waals surface area contributed by atoms with Crippen molar-refractivity contribution in [2.24, 2.45) is 0 Å². The minimum absolute atomic E-state index is 0.147. The summed E-state index contributed by atoms with van der Waals surface area (Å²) in [4.78, 5) is 12.1. The van der Waals surface area contributed by atoms with Crippen molar-refractivity contribution in [2.45, 2.75) is 20.0 Å². The number of benzene rings is 2. The molecule has 2 rings (SSSR count). The minimum Gasteiger partial charge on any atom is -0.389 e. The van der Waals surface area contributed by atoms with E-state index in [0.29, 0.717) is 11.3 Å². The zero-order chi connectivity index (χ0) is 13.8. The second-order valence-corrected chi connectivity index (χ2v) is 4.63. The number of nitrogens with one attached hydrogen (secondary N) is 1. The number of carbonyl (C=O) groups is 1. The maximum Gasteiger partial charge on any atom is 0.255 e. The van der Waals surface area contributed by atoms with Crippen LogP contribution in [0.3, 0.4) is 0 Å². The molecule has 0 radical (unpaired) electrons. The molecule has 3 heteroatoms. The SMILES string of the molecule is Cc1cccc(C(=O)Nc2cccc([C@@H](C)O)c2)c1. The fraction of sp³-hybridized carbons (Fsp3) is 0.188. The molecule has 0 heterocycles. The van der Waals surface area contributed by atoms with Gasteiger partial charge in [-0.25, -0.2) is 0 Å². The van der Waals surface area contributed by atoms with Crippen molar-refractivity contribution in [3.63, 3.8) is 0 Å². The molecule has 2 aromatic carbocycles. The second-order valence-electron chi connectivity index (χ2n) is 4.63. The average molecular weight is 255 g/mol. The van der Waals surface area contributed by atoms with Gasteiger partial charge in [-0.1, -0.05) is 29.8 Å². The molecular weight excluding hydrogens is 238 g/mol. The zero-order valence-electron chi connectivity index (χ0n) is 11.1. The minimum atomic E-state index is -0.546. The van der Waals surface area contributed by atoms with E-state index in [1.807, 2.05) is 37.3 Å². The normalized spacial score (nSPS) is 11.9. The third kappa shape index (κ3) is 3.42. The predicted molar refractivity (Wildman–Crippen MR) is 76.2 cm³/mol. The van der Waals surface area contributed by atoms with Crippen LogP contribution in [0, 0.1) is 6.92 Å². The van der Waals surface area contributed by atoms with E-state index in [4.69, 9.17) is 0 Å². The van der Waals surface area contributed by atoms with Gasteiger partial charge in [0.15, 0.2) is 0 Å². The molecule has 0 unspecified atom stereocenters. The number of aliphatic hydroxyl groups excluding tert-OH is 1. The fourth-order valence-corrected chi connectivity index (χ4v) is 1.87. The first-order valence-electron chi connectivity index (χ1n) is 6.22. The number of aliphatic hydroxyl groups is 1. The fourth-order valence-electron chi connectivity index (χ4n) is 1.87. The predicted octanol–water partition coefficient (Wildman–Crippen LogP) is 3.30. The van der Waals surface area contributed by atoms with Crippen LogP contribution in [0.2, 0.25) is 0 Å². The van der Waals surface area contributed by atoms with Crippen LogP contribution in [0.15, 0.2) is 48.5 Å². The van der Waals surface area contributed by atoms with Gasteiger partial charge in [0.2, 0.25) is 0 Å². The summed E-state index contributed by atoms with van der Waals surface area (Å²) < 4.78 is 0. The van der Waals surface area contributed by atoms with Gasteiger partial charge in [-0.15, -0.1) is 0 Å². The molecule has 0 bridgehead atoms. The average Bonchev–Trinajstić information content (AvgIpc) is 2.39. The van der Waals surface area contributed by atoms with Gasteiger partial charge in [0.1, 0.15) is 0 Å². The smallest absolute Gasteiger partial charge is 0.255 e. The van der Waals surface area contributed by atoms with Gasteiger partial charge in [0, 0.05) is 11.3 Å². The number of anilines is 1. The first-order chi connectivity index (χ1) is 9.06. The Balaban J connectivity index is 2.17. The van der Waals surface area contributed by atoms with E-state index in [2.05, 4.69) is 5.32 Å². The van der Waals surface area contributed by atoms with E-state index >= 15 is 0 Å². The Morgan fingerprint density at radius 1 is 1.16 bits per heavy atom. The molecule has 19 heavy (non-hydrogen) atoms. The summed E-state index contributed by atoms with van der Waals surface area (Å²) in [6.45, 7) is 3.65. The number of hydrogen-bond acceptors (Lipinski definition) is 2. The van der Waals surface area contributed by atoms with Crippen LogP contribution >= 0.6 is 0 Å². The van der Waals surface area contributed by atoms with Crippen molar-refractivity contribution in [3.8, 4) is 0 Å². The van der Waals surface area contributed by atoms with Crippen LogP contribution < -0.4 is 5.32 Å². The van der Waals surface area contributed by atoms with Gasteiger partial charge in [-0.2, -0.15) is 0 Å². The van der Waals surface area contributed by atoms with Gasteiger partial charge < -0.3 is 10.4 Å². The highest BCUT2D eigenvalue weighted by Crippen LogP contribution is 2.17. The monoisotopic (exact) mass is 255 g/mol. The number of hydrogen-bond donors (Lipinski definition) is 2. The molecule has 0 spiro atoms. The van der Waals surface area contributed by atoms with E-state index < -0.39 is 6.10 Å². The molecule has 2 aromatic rings. The Kier molecular flexibility index (Phi) is 3.97. The topological polar surface area (TPSA) is 49.3 Å². The zero-order valence-corrected chi connectivity index (χ0v) is 11.1. The largest absolute Gasteiger partial charge is 0.389 e. The molecule has 2 N–H and O–H groups in total. The molecule has 98 valence electrons. The lowest BCUT2D eigenvalue weighted by molar-refractivity contribution is 0.102. The number of carbonyl (C=O) groups excluding carboxylic acids is 1. The van der Waals surface area contributed by atoms with Gasteiger partial charge in [-0.3, -0.25) is 4.79 Å². The van der Waals surface area contributed by atoms with Crippen LogP contribution in [-0.2, 0) is 0 Å². The first-order valence-corrected chi connectivity index (χ1v) is 6.22. The lowest BCUT2D eigenvalue weighted by Gasteiger charge is -2.09. The highest BCUT2D eigenvalue weighted by molar-refractivity contribution is 6.04. The van der Waals surface area contributed by atoms with Crippen molar-refractivity contribution in [1.82, 2.24) is 0 Å². The molecule has 0 aromatic heterocycles. The Bertz CT molecular complexity index is 591. The number of rotatable bonds is 3. The summed E-state index contributed by atoms with van der Waals surface area (Å²) in [6, 6.07) is 14.6. The van der Waals surface area contributed by atoms with Crippen LogP contribution in [0.1, 0.15) is 34.5 Å². The number of amides is 1. The Labute approximate surface area is 112 Å². The van der Waals surface area contributed by atoms with Crippen molar-refractivity contribution in [3.05, 3.63) is 65.2 Å². The molecule has 0 saturated heterocycles. The van der Waals surface area contributed by atoms with Gasteiger partial charge >= 0.3 is 0 Å². The number of aryl methyl sites for hydroxylation is 1. The van der Waals surface area contributed by atoms with E-state index in [1.54, 1.807) is 25.1 Å². The third-order valence-electron chi connectivity index (χ3n) is 2.91. The summed E-state index contributed by atoms with van der Waals surface area (Å²) in [6.07, 6.45) is -0.546. The Morgan fingerprint density at radius 3 is 2.58 bits per heavy atom. The third-order valence-corrected chi connectivity index (χ3v) is 2.91. The van der Waals surface area contributed by atoms with Crippen molar-refractivity contribution >= 4 is 11.6 Å². The standard InChI is InChI=1S/C16H17NO2/c1-11-5-3-7-14(9-11)16(19)17-15-8-4-6-13(10-15)12(2)18/h3-10,12,18H,1-2H3,(H,17,19)/t12-/m1/s1. The maximum absolute atomic E-state index is 12.1. The molecule has 0 fully saturated rings. The molecule has 0 aliphatic heterocycles. The highest BCUT2D eigenvalue weighted by Gasteiger charge is 2.07. The molecular formula is C16H17NO2. The Hall–Kier alpha value is -2.13. The van der Waals surface area contributed by atoms with Crippen LogP contribution in [0.5, 0.6) is 0 Å².